The van der Waals surface area contributed by atoms with Gasteiger partial charge < -0.3 is 5.32 Å². The van der Waals surface area contributed by atoms with Gasteiger partial charge in [-0.1, -0.05) is 41.9 Å². The molecule has 0 saturated heterocycles. The predicted octanol–water partition coefficient (Wildman–Crippen LogP) is 3.43. The molecule has 1 heterocycles. The molecule has 0 fully saturated rings. The third kappa shape index (κ3) is 3.81. The first kappa shape index (κ1) is 16.2. The number of carbonyl (C=O) groups is 2. The molecule has 0 aliphatic carbocycles. The summed E-state index contributed by atoms with van der Waals surface area (Å²) >= 11 is 5.96. The van der Waals surface area contributed by atoms with E-state index in [1.54, 1.807) is 24.4 Å². The second-order valence-electron chi connectivity index (χ2n) is 5.42. The molecule has 0 saturated carbocycles. The van der Waals surface area contributed by atoms with Crippen LogP contribution in [0, 0.1) is 0 Å². The maximum Gasteiger partial charge on any atom is 0.247 e. The van der Waals surface area contributed by atoms with Gasteiger partial charge in [-0.25, -0.2) is 4.68 Å². The van der Waals surface area contributed by atoms with E-state index in [9.17, 15) is 9.59 Å². The van der Waals surface area contributed by atoms with E-state index in [1.165, 1.54) is 4.68 Å². The number of halogens is 1. The fourth-order valence-corrected chi connectivity index (χ4v) is 2.57. The van der Waals surface area contributed by atoms with E-state index in [1.807, 2.05) is 30.3 Å². The summed E-state index contributed by atoms with van der Waals surface area (Å²) in [5.74, 6) is -0.399. The summed E-state index contributed by atoms with van der Waals surface area (Å²) < 4.78 is 1.30. The SMILES string of the molecule is O=C(CCC(=O)n1ncc2ccc(Cl)cc21)NCc1ccccc1. The van der Waals surface area contributed by atoms with Crippen molar-refractivity contribution in [3.63, 3.8) is 0 Å². The number of fused-ring (bicyclic) bond motifs is 1. The number of rotatable bonds is 5. The van der Waals surface area contributed by atoms with Gasteiger partial charge in [0, 0.05) is 29.8 Å². The van der Waals surface area contributed by atoms with Crippen LogP contribution in [0.4, 0.5) is 0 Å². The van der Waals surface area contributed by atoms with Crippen LogP contribution in [-0.4, -0.2) is 21.6 Å². The molecule has 5 nitrogen and oxygen atoms in total. The number of amides is 1. The van der Waals surface area contributed by atoms with Gasteiger partial charge in [0.15, 0.2) is 0 Å². The Kier molecular flexibility index (Phi) is 4.91. The quantitative estimate of drug-likeness (QED) is 0.773. The number of hydrogen-bond acceptors (Lipinski definition) is 3. The summed E-state index contributed by atoms with van der Waals surface area (Å²) in [5.41, 5.74) is 1.67. The highest BCUT2D eigenvalue weighted by Crippen LogP contribution is 2.19. The van der Waals surface area contributed by atoms with Gasteiger partial charge in [0.2, 0.25) is 11.8 Å². The van der Waals surface area contributed by atoms with Gasteiger partial charge in [0.25, 0.3) is 0 Å². The summed E-state index contributed by atoms with van der Waals surface area (Å²) in [4.78, 5) is 24.2. The number of nitrogens with zero attached hydrogens (tertiary/aromatic N) is 2. The van der Waals surface area contributed by atoms with E-state index in [4.69, 9.17) is 11.6 Å². The first-order valence-electron chi connectivity index (χ1n) is 7.60. The Morgan fingerprint density at radius 2 is 1.88 bits per heavy atom. The molecule has 1 amide bonds. The van der Waals surface area contributed by atoms with Crippen LogP contribution in [0.3, 0.4) is 0 Å². The van der Waals surface area contributed by atoms with E-state index < -0.39 is 0 Å². The summed E-state index contributed by atoms with van der Waals surface area (Å²) in [6, 6.07) is 14.9. The zero-order valence-electron chi connectivity index (χ0n) is 12.9. The van der Waals surface area contributed by atoms with Crippen LogP contribution in [0.2, 0.25) is 5.02 Å². The largest absolute Gasteiger partial charge is 0.352 e. The summed E-state index contributed by atoms with van der Waals surface area (Å²) in [6.07, 6.45) is 1.82. The second-order valence-corrected chi connectivity index (χ2v) is 5.85. The highest BCUT2D eigenvalue weighted by molar-refractivity contribution is 6.31. The summed E-state index contributed by atoms with van der Waals surface area (Å²) in [5, 5.41) is 8.26. The molecule has 3 rings (SSSR count). The summed E-state index contributed by atoms with van der Waals surface area (Å²) in [6.45, 7) is 0.453. The highest BCUT2D eigenvalue weighted by atomic mass is 35.5. The molecule has 0 unspecified atom stereocenters. The molecule has 0 spiro atoms. The fourth-order valence-electron chi connectivity index (χ4n) is 2.40. The van der Waals surface area contributed by atoms with Gasteiger partial charge in [-0.2, -0.15) is 5.10 Å². The topological polar surface area (TPSA) is 64.0 Å². The average Bonchev–Trinajstić information content (AvgIpc) is 3.02. The van der Waals surface area contributed by atoms with Crippen molar-refractivity contribution >= 4 is 34.3 Å². The highest BCUT2D eigenvalue weighted by Gasteiger charge is 2.13. The Hall–Kier alpha value is -2.66. The normalized spacial score (nSPS) is 10.7. The van der Waals surface area contributed by atoms with Crippen molar-refractivity contribution < 1.29 is 9.59 Å². The van der Waals surface area contributed by atoms with Crippen LogP contribution in [0.1, 0.15) is 23.2 Å². The van der Waals surface area contributed by atoms with E-state index in [0.717, 1.165) is 10.9 Å². The third-order valence-corrected chi connectivity index (χ3v) is 3.90. The van der Waals surface area contributed by atoms with Gasteiger partial charge in [0.1, 0.15) is 0 Å². The predicted molar refractivity (Wildman–Crippen MR) is 92.9 cm³/mol. The van der Waals surface area contributed by atoms with Crippen LogP contribution in [-0.2, 0) is 11.3 Å². The molecule has 1 N–H and O–H groups in total. The van der Waals surface area contributed by atoms with Crippen molar-refractivity contribution in [2.45, 2.75) is 19.4 Å². The minimum absolute atomic E-state index is 0.0872. The number of hydrogen-bond donors (Lipinski definition) is 1. The molecule has 122 valence electrons. The Morgan fingerprint density at radius 1 is 1.08 bits per heavy atom. The first-order chi connectivity index (χ1) is 11.6. The average molecular weight is 342 g/mol. The monoisotopic (exact) mass is 341 g/mol. The Labute approximate surface area is 144 Å². The lowest BCUT2D eigenvalue weighted by Gasteiger charge is -2.06. The van der Waals surface area contributed by atoms with Crippen molar-refractivity contribution in [1.82, 2.24) is 15.1 Å². The number of aromatic nitrogens is 2. The minimum atomic E-state index is -0.234. The van der Waals surface area contributed by atoms with E-state index >= 15 is 0 Å². The molecule has 6 heteroatoms. The molecular weight excluding hydrogens is 326 g/mol. The lowest BCUT2D eigenvalue weighted by molar-refractivity contribution is -0.121. The van der Waals surface area contributed by atoms with Crippen molar-refractivity contribution in [2.75, 3.05) is 0 Å². The smallest absolute Gasteiger partial charge is 0.247 e. The Morgan fingerprint density at radius 3 is 2.67 bits per heavy atom. The van der Waals surface area contributed by atoms with Crippen LogP contribution >= 0.6 is 11.6 Å². The molecule has 0 aliphatic rings. The fraction of sp³-hybridized carbons (Fsp3) is 0.167. The molecular formula is C18H16ClN3O2. The van der Waals surface area contributed by atoms with Crippen LogP contribution in [0.5, 0.6) is 0 Å². The zero-order chi connectivity index (χ0) is 16.9. The van der Waals surface area contributed by atoms with E-state index in [2.05, 4.69) is 10.4 Å². The van der Waals surface area contributed by atoms with Gasteiger partial charge in [-0.15, -0.1) is 0 Å². The molecule has 0 atom stereocenters. The maximum atomic E-state index is 12.3. The van der Waals surface area contributed by atoms with Crippen LogP contribution in [0.25, 0.3) is 10.9 Å². The summed E-state index contributed by atoms with van der Waals surface area (Å²) in [7, 11) is 0. The standard InChI is InChI=1S/C18H16ClN3O2/c19-15-7-6-14-12-21-22(16(14)10-15)18(24)9-8-17(23)20-11-13-4-2-1-3-5-13/h1-7,10,12H,8-9,11H2,(H,20,23). The Balaban J connectivity index is 1.56. The molecule has 1 aromatic heterocycles. The van der Waals surface area contributed by atoms with Gasteiger partial charge in [-0.3, -0.25) is 9.59 Å². The lowest BCUT2D eigenvalue weighted by atomic mass is 10.2. The van der Waals surface area contributed by atoms with Crippen molar-refractivity contribution in [3.05, 3.63) is 65.3 Å². The van der Waals surface area contributed by atoms with Crippen molar-refractivity contribution in [3.8, 4) is 0 Å². The molecule has 0 radical (unpaired) electrons. The van der Waals surface area contributed by atoms with E-state index in [0.29, 0.717) is 17.1 Å². The first-order valence-corrected chi connectivity index (χ1v) is 7.98. The lowest BCUT2D eigenvalue weighted by Crippen LogP contribution is -2.24. The Bertz CT molecular complexity index is 874. The molecule has 0 bridgehead atoms. The number of nitrogens with one attached hydrogen (secondary N) is 1. The van der Waals surface area contributed by atoms with Crippen LogP contribution < -0.4 is 5.32 Å². The van der Waals surface area contributed by atoms with Crippen LogP contribution in [0.15, 0.2) is 54.7 Å². The molecule has 24 heavy (non-hydrogen) atoms. The van der Waals surface area contributed by atoms with Gasteiger partial charge in [0.05, 0.1) is 11.7 Å². The second kappa shape index (κ2) is 7.27. The van der Waals surface area contributed by atoms with Gasteiger partial charge in [-0.05, 0) is 23.8 Å². The van der Waals surface area contributed by atoms with Crippen molar-refractivity contribution in [1.29, 1.82) is 0 Å². The number of benzene rings is 2. The molecule has 3 aromatic rings. The van der Waals surface area contributed by atoms with Crippen molar-refractivity contribution in [2.24, 2.45) is 0 Å². The molecule has 0 aliphatic heterocycles. The van der Waals surface area contributed by atoms with E-state index in [-0.39, 0.29) is 24.7 Å². The molecule has 2 aromatic carbocycles. The number of carbonyl (C=O) groups excluding carboxylic acids is 2. The minimum Gasteiger partial charge on any atom is -0.352 e. The maximum absolute atomic E-state index is 12.3. The zero-order valence-corrected chi connectivity index (χ0v) is 13.7. The van der Waals surface area contributed by atoms with Gasteiger partial charge >= 0.3 is 0 Å². The third-order valence-electron chi connectivity index (χ3n) is 3.67.